The molecule has 3 aliphatic rings. The highest BCUT2D eigenvalue weighted by molar-refractivity contribution is 5.54. The van der Waals surface area contributed by atoms with Gasteiger partial charge in [-0.05, 0) is 26.3 Å². The van der Waals surface area contributed by atoms with Gasteiger partial charge in [-0.2, -0.15) is 0 Å². The summed E-state index contributed by atoms with van der Waals surface area (Å²) in [4.78, 5) is 14.1. The second-order valence-corrected chi connectivity index (χ2v) is 5.98. The van der Waals surface area contributed by atoms with Crippen LogP contribution in [0.1, 0.15) is 30.5 Å². The highest BCUT2D eigenvalue weighted by atomic mass is 15.3. The van der Waals surface area contributed by atoms with Crippen LogP contribution in [0, 0.1) is 0 Å². The van der Waals surface area contributed by atoms with Crippen LogP contribution in [-0.2, 0) is 13.0 Å². The molecule has 1 fully saturated rings. The van der Waals surface area contributed by atoms with Gasteiger partial charge in [0.15, 0.2) is 0 Å². The fourth-order valence-electron chi connectivity index (χ4n) is 3.74. The molecule has 4 rings (SSSR count). The zero-order valence-electron chi connectivity index (χ0n) is 11.4. The Kier molecular flexibility index (Phi) is 2.58. The largest absolute Gasteiger partial charge is 0.347 e. The van der Waals surface area contributed by atoms with Gasteiger partial charge in [0.25, 0.3) is 0 Å². The zero-order chi connectivity index (χ0) is 12.8. The van der Waals surface area contributed by atoms with Crippen molar-refractivity contribution >= 4 is 5.82 Å². The van der Waals surface area contributed by atoms with E-state index in [0.29, 0.717) is 12.1 Å². The molecule has 0 N–H and O–H groups in total. The summed E-state index contributed by atoms with van der Waals surface area (Å²) in [7, 11) is 2.18. The average Bonchev–Trinajstić information content (AvgIpc) is 2.67. The predicted molar refractivity (Wildman–Crippen MR) is 75.1 cm³/mol. The van der Waals surface area contributed by atoms with Gasteiger partial charge in [0.1, 0.15) is 12.1 Å². The highest BCUT2D eigenvalue weighted by Gasteiger charge is 2.36. The van der Waals surface area contributed by atoms with Gasteiger partial charge in [-0.15, -0.1) is 0 Å². The number of hydrogen-bond acceptors (Lipinski definition) is 4. The minimum absolute atomic E-state index is 0.560. The molecular weight excluding hydrogens is 236 g/mol. The monoisotopic (exact) mass is 256 g/mol. The first kappa shape index (κ1) is 11.4. The van der Waals surface area contributed by atoms with Crippen LogP contribution < -0.4 is 4.90 Å². The van der Waals surface area contributed by atoms with Crippen molar-refractivity contribution in [2.45, 2.75) is 44.3 Å². The van der Waals surface area contributed by atoms with Gasteiger partial charge >= 0.3 is 0 Å². The second-order valence-electron chi connectivity index (χ2n) is 5.98. The molecule has 4 heterocycles. The molecule has 4 nitrogen and oxygen atoms in total. The molecule has 19 heavy (non-hydrogen) atoms. The molecule has 4 heteroatoms. The summed E-state index contributed by atoms with van der Waals surface area (Å²) in [6.45, 7) is 2.10. The maximum absolute atomic E-state index is 4.65. The van der Waals surface area contributed by atoms with Crippen LogP contribution in [0.25, 0.3) is 0 Å². The first-order valence-corrected chi connectivity index (χ1v) is 7.29. The number of aromatic nitrogens is 2. The van der Waals surface area contributed by atoms with Crippen LogP contribution in [0.5, 0.6) is 0 Å². The molecule has 0 radical (unpaired) electrons. The van der Waals surface area contributed by atoms with Crippen molar-refractivity contribution in [3.05, 3.63) is 29.7 Å². The third kappa shape index (κ3) is 1.77. The smallest absolute Gasteiger partial charge is 0.137 e. The molecule has 0 aliphatic carbocycles. The van der Waals surface area contributed by atoms with E-state index in [-0.39, 0.29) is 0 Å². The lowest BCUT2D eigenvalue weighted by atomic mass is 10.0. The van der Waals surface area contributed by atoms with Crippen molar-refractivity contribution in [2.24, 2.45) is 0 Å². The average molecular weight is 256 g/mol. The Morgan fingerprint density at radius 2 is 2.21 bits per heavy atom. The Morgan fingerprint density at radius 3 is 3.11 bits per heavy atom. The SMILES string of the molecule is CN1CCc2ncnc(N3C4C=CCC3CC4)c2C1. The summed E-state index contributed by atoms with van der Waals surface area (Å²) >= 11 is 0. The van der Waals surface area contributed by atoms with Crippen LogP contribution in [-0.4, -0.2) is 40.5 Å². The summed E-state index contributed by atoms with van der Waals surface area (Å²) < 4.78 is 0. The summed E-state index contributed by atoms with van der Waals surface area (Å²) in [5.41, 5.74) is 2.63. The van der Waals surface area contributed by atoms with Crippen LogP contribution >= 0.6 is 0 Å². The van der Waals surface area contributed by atoms with Gasteiger partial charge in [0, 0.05) is 37.2 Å². The minimum atomic E-state index is 0.560. The van der Waals surface area contributed by atoms with Crippen LogP contribution in [0.4, 0.5) is 5.82 Å². The van der Waals surface area contributed by atoms with Crippen LogP contribution in [0.3, 0.4) is 0 Å². The van der Waals surface area contributed by atoms with Gasteiger partial charge in [0.05, 0.1) is 5.69 Å². The van der Waals surface area contributed by atoms with E-state index >= 15 is 0 Å². The lowest BCUT2D eigenvalue weighted by Crippen LogP contribution is -2.40. The molecule has 0 amide bonds. The van der Waals surface area contributed by atoms with Crippen LogP contribution in [0.2, 0.25) is 0 Å². The number of rotatable bonds is 1. The number of nitrogens with zero attached hydrogens (tertiary/aromatic N) is 4. The topological polar surface area (TPSA) is 32.3 Å². The molecule has 0 saturated carbocycles. The van der Waals surface area contributed by atoms with Crippen molar-refractivity contribution in [1.29, 1.82) is 0 Å². The normalized spacial score (nSPS) is 29.6. The fourth-order valence-corrected chi connectivity index (χ4v) is 3.74. The van der Waals surface area contributed by atoms with E-state index < -0.39 is 0 Å². The quantitative estimate of drug-likeness (QED) is 0.717. The molecule has 2 unspecified atom stereocenters. The Hall–Kier alpha value is -1.42. The van der Waals surface area contributed by atoms with Gasteiger partial charge in [-0.3, -0.25) is 0 Å². The summed E-state index contributed by atoms with van der Waals surface area (Å²) in [5.74, 6) is 1.20. The van der Waals surface area contributed by atoms with E-state index in [2.05, 4.69) is 39.0 Å². The van der Waals surface area contributed by atoms with E-state index in [9.17, 15) is 0 Å². The molecule has 1 aromatic heterocycles. The first-order valence-electron chi connectivity index (χ1n) is 7.29. The van der Waals surface area contributed by atoms with E-state index in [1.807, 2.05) is 0 Å². The van der Waals surface area contributed by atoms with Crippen molar-refractivity contribution in [2.75, 3.05) is 18.5 Å². The van der Waals surface area contributed by atoms with E-state index in [1.54, 1.807) is 6.33 Å². The fraction of sp³-hybridized carbons (Fsp3) is 0.600. The third-order valence-electron chi connectivity index (χ3n) is 4.73. The Balaban J connectivity index is 1.78. The number of likely N-dealkylation sites (N-methyl/N-ethyl adjacent to an activating group) is 1. The maximum Gasteiger partial charge on any atom is 0.137 e. The molecule has 1 saturated heterocycles. The Bertz CT molecular complexity index is 525. The first-order chi connectivity index (χ1) is 9.33. The molecule has 2 atom stereocenters. The van der Waals surface area contributed by atoms with Crippen molar-refractivity contribution in [1.82, 2.24) is 14.9 Å². The standard InChI is InChI=1S/C15H20N4/c1-18-8-7-14-13(9-18)15(17-10-16-14)19-11-3-2-4-12(19)6-5-11/h2-3,10-12H,4-9H2,1H3. The van der Waals surface area contributed by atoms with Crippen molar-refractivity contribution in [3.63, 3.8) is 0 Å². The predicted octanol–water partition coefficient (Wildman–Crippen LogP) is 1.76. The highest BCUT2D eigenvalue weighted by Crippen LogP contribution is 2.37. The van der Waals surface area contributed by atoms with Crippen molar-refractivity contribution in [3.8, 4) is 0 Å². The summed E-state index contributed by atoms with van der Waals surface area (Å²) in [5, 5.41) is 0. The molecular formula is C15H20N4. The van der Waals surface area contributed by atoms with E-state index in [4.69, 9.17) is 0 Å². The molecule has 100 valence electrons. The summed E-state index contributed by atoms with van der Waals surface area (Å²) in [6, 6.07) is 1.21. The van der Waals surface area contributed by atoms with Gasteiger partial charge in [-0.25, -0.2) is 9.97 Å². The number of fused-ring (bicyclic) bond motifs is 3. The summed E-state index contributed by atoms with van der Waals surface area (Å²) in [6.07, 6.45) is 11.3. The lowest BCUT2D eigenvalue weighted by molar-refractivity contribution is 0.309. The Morgan fingerprint density at radius 1 is 1.26 bits per heavy atom. The Labute approximate surface area is 114 Å². The van der Waals surface area contributed by atoms with Gasteiger partial charge in [0.2, 0.25) is 0 Å². The van der Waals surface area contributed by atoms with E-state index in [0.717, 1.165) is 19.5 Å². The van der Waals surface area contributed by atoms with Crippen LogP contribution in [0.15, 0.2) is 18.5 Å². The number of hydrogen-bond donors (Lipinski definition) is 0. The molecule has 0 aromatic carbocycles. The molecule has 1 aromatic rings. The maximum atomic E-state index is 4.65. The minimum Gasteiger partial charge on any atom is -0.347 e. The van der Waals surface area contributed by atoms with Crippen molar-refractivity contribution < 1.29 is 0 Å². The van der Waals surface area contributed by atoms with Gasteiger partial charge < -0.3 is 9.80 Å². The molecule has 3 aliphatic heterocycles. The van der Waals surface area contributed by atoms with Gasteiger partial charge in [-0.1, -0.05) is 12.2 Å². The third-order valence-corrected chi connectivity index (χ3v) is 4.73. The van der Waals surface area contributed by atoms with E-state index in [1.165, 1.54) is 36.3 Å². The molecule has 0 spiro atoms. The number of anilines is 1. The second kappa shape index (κ2) is 4.30. The zero-order valence-corrected chi connectivity index (χ0v) is 11.4. The lowest BCUT2D eigenvalue weighted by Gasteiger charge is -2.36. The molecule has 2 bridgehead atoms.